The summed E-state index contributed by atoms with van der Waals surface area (Å²) in [6.07, 6.45) is 3.12. The van der Waals surface area contributed by atoms with E-state index >= 15 is 0 Å². The van der Waals surface area contributed by atoms with Crippen molar-refractivity contribution in [2.24, 2.45) is 0 Å². The van der Waals surface area contributed by atoms with E-state index in [4.69, 9.17) is 17.0 Å². The SMILES string of the molecule is CCCCCOc1ccccc1C(=O)NC(=S)Nc1cccc(C(=O)NCC)c1. The van der Waals surface area contributed by atoms with Crippen LogP contribution in [0, 0.1) is 0 Å². The normalized spacial score (nSPS) is 10.1. The van der Waals surface area contributed by atoms with Crippen LogP contribution in [0.25, 0.3) is 0 Å². The lowest BCUT2D eigenvalue weighted by Gasteiger charge is -2.13. The molecule has 0 unspecified atom stereocenters. The number of carbonyl (C=O) groups is 2. The van der Waals surface area contributed by atoms with E-state index in [1.165, 1.54) is 0 Å². The highest BCUT2D eigenvalue weighted by Crippen LogP contribution is 2.18. The first-order chi connectivity index (χ1) is 14.0. The Kier molecular flexibility index (Phi) is 9.11. The summed E-state index contributed by atoms with van der Waals surface area (Å²) in [5.74, 6) is 0.0101. The fourth-order valence-electron chi connectivity index (χ4n) is 2.65. The highest BCUT2D eigenvalue weighted by atomic mass is 32.1. The molecule has 0 aliphatic carbocycles. The number of nitrogens with one attached hydrogen (secondary N) is 3. The molecule has 7 heteroatoms. The fourth-order valence-corrected chi connectivity index (χ4v) is 2.86. The summed E-state index contributed by atoms with van der Waals surface area (Å²) in [4.78, 5) is 24.6. The van der Waals surface area contributed by atoms with E-state index in [1.54, 1.807) is 42.5 Å². The number of ether oxygens (including phenoxy) is 1. The van der Waals surface area contributed by atoms with Crippen molar-refractivity contribution in [3.8, 4) is 5.75 Å². The minimum absolute atomic E-state index is 0.142. The topological polar surface area (TPSA) is 79.5 Å². The molecule has 2 rings (SSSR count). The average Bonchev–Trinajstić information content (AvgIpc) is 2.71. The molecule has 29 heavy (non-hydrogen) atoms. The predicted octanol–water partition coefficient (Wildman–Crippen LogP) is 4.13. The Hall–Kier alpha value is -2.93. The summed E-state index contributed by atoms with van der Waals surface area (Å²) in [5.41, 5.74) is 1.55. The van der Waals surface area contributed by atoms with Gasteiger partial charge in [-0.3, -0.25) is 14.9 Å². The lowest BCUT2D eigenvalue weighted by atomic mass is 10.2. The van der Waals surface area contributed by atoms with Crippen molar-refractivity contribution in [1.82, 2.24) is 10.6 Å². The minimum atomic E-state index is -0.353. The van der Waals surface area contributed by atoms with Gasteiger partial charge < -0.3 is 15.4 Å². The third-order valence-electron chi connectivity index (χ3n) is 4.08. The quantitative estimate of drug-likeness (QED) is 0.425. The summed E-state index contributed by atoms with van der Waals surface area (Å²) in [6, 6.07) is 14.0. The van der Waals surface area contributed by atoms with Crippen molar-refractivity contribution in [2.75, 3.05) is 18.5 Å². The molecule has 3 N–H and O–H groups in total. The van der Waals surface area contributed by atoms with Crippen molar-refractivity contribution in [1.29, 1.82) is 0 Å². The van der Waals surface area contributed by atoms with Gasteiger partial charge in [0.1, 0.15) is 5.75 Å². The van der Waals surface area contributed by atoms with Crippen LogP contribution in [0.15, 0.2) is 48.5 Å². The van der Waals surface area contributed by atoms with Crippen molar-refractivity contribution < 1.29 is 14.3 Å². The Balaban J connectivity index is 1.98. The molecule has 2 aromatic carbocycles. The van der Waals surface area contributed by atoms with Gasteiger partial charge in [0.2, 0.25) is 0 Å². The van der Waals surface area contributed by atoms with Gasteiger partial charge in [-0.2, -0.15) is 0 Å². The molecule has 154 valence electrons. The van der Waals surface area contributed by atoms with E-state index in [2.05, 4.69) is 22.9 Å². The predicted molar refractivity (Wildman–Crippen MR) is 120 cm³/mol. The molecule has 0 aliphatic rings. The van der Waals surface area contributed by atoms with Crippen LogP contribution in [-0.4, -0.2) is 30.1 Å². The number of rotatable bonds is 9. The summed E-state index contributed by atoms with van der Waals surface area (Å²) in [5, 5.41) is 8.49. The number of para-hydroxylation sites is 1. The maximum Gasteiger partial charge on any atom is 0.261 e. The maximum atomic E-state index is 12.6. The molecule has 6 nitrogen and oxygen atoms in total. The minimum Gasteiger partial charge on any atom is -0.493 e. The number of amides is 2. The van der Waals surface area contributed by atoms with Crippen LogP contribution < -0.4 is 20.7 Å². The first kappa shape index (κ1) is 22.4. The number of anilines is 1. The Bertz CT molecular complexity index is 855. The lowest BCUT2D eigenvalue weighted by Crippen LogP contribution is -2.34. The summed E-state index contributed by atoms with van der Waals surface area (Å²) < 4.78 is 5.76. The smallest absolute Gasteiger partial charge is 0.261 e. The number of benzene rings is 2. The van der Waals surface area contributed by atoms with E-state index in [-0.39, 0.29) is 16.9 Å². The Morgan fingerprint density at radius 1 is 1.00 bits per heavy atom. The van der Waals surface area contributed by atoms with Crippen LogP contribution in [0.5, 0.6) is 5.75 Å². The molecule has 2 aromatic rings. The van der Waals surface area contributed by atoms with Crippen molar-refractivity contribution in [3.05, 3.63) is 59.7 Å². The largest absolute Gasteiger partial charge is 0.493 e. The van der Waals surface area contributed by atoms with E-state index < -0.39 is 0 Å². The van der Waals surface area contributed by atoms with E-state index in [0.717, 1.165) is 19.3 Å². The van der Waals surface area contributed by atoms with Crippen LogP contribution in [0.2, 0.25) is 0 Å². The van der Waals surface area contributed by atoms with E-state index in [9.17, 15) is 9.59 Å². The molecule has 0 heterocycles. The number of thiocarbonyl (C=S) groups is 1. The second-order valence-corrected chi connectivity index (χ2v) is 6.81. The van der Waals surface area contributed by atoms with Gasteiger partial charge in [0.05, 0.1) is 12.2 Å². The van der Waals surface area contributed by atoms with Gasteiger partial charge in [0, 0.05) is 17.8 Å². The van der Waals surface area contributed by atoms with Crippen LogP contribution in [0.4, 0.5) is 5.69 Å². The van der Waals surface area contributed by atoms with Gasteiger partial charge >= 0.3 is 0 Å². The summed E-state index contributed by atoms with van der Waals surface area (Å²) in [7, 11) is 0. The van der Waals surface area contributed by atoms with E-state index in [1.807, 2.05) is 13.0 Å². The van der Waals surface area contributed by atoms with Gasteiger partial charge in [-0.05, 0) is 55.9 Å². The van der Waals surface area contributed by atoms with Crippen LogP contribution >= 0.6 is 12.2 Å². The molecule has 0 bridgehead atoms. The zero-order valence-electron chi connectivity index (χ0n) is 16.8. The standard InChI is InChI=1S/C22H27N3O3S/c1-3-5-8-14-28-19-13-7-6-12-18(19)21(27)25-22(29)24-17-11-9-10-16(15-17)20(26)23-4-2/h6-7,9-13,15H,3-5,8,14H2,1-2H3,(H,23,26)(H2,24,25,27,29). The molecule has 0 radical (unpaired) electrons. The second kappa shape index (κ2) is 11.8. The Labute approximate surface area is 177 Å². The number of hydrogen-bond donors (Lipinski definition) is 3. The van der Waals surface area contributed by atoms with Gasteiger partial charge in [-0.15, -0.1) is 0 Å². The molecular formula is C22H27N3O3S. The van der Waals surface area contributed by atoms with Gasteiger partial charge in [0.25, 0.3) is 11.8 Å². The van der Waals surface area contributed by atoms with Gasteiger partial charge in [-0.25, -0.2) is 0 Å². The molecule has 0 atom stereocenters. The third kappa shape index (κ3) is 7.19. The first-order valence-electron chi connectivity index (χ1n) is 9.77. The molecule has 0 fully saturated rings. The lowest BCUT2D eigenvalue weighted by molar-refractivity contribution is 0.0952. The molecule has 0 saturated carbocycles. The van der Waals surface area contributed by atoms with Crippen molar-refractivity contribution in [3.63, 3.8) is 0 Å². The zero-order valence-corrected chi connectivity index (χ0v) is 17.6. The molecule has 2 amide bonds. The monoisotopic (exact) mass is 413 g/mol. The number of unbranched alkanes of at least 4 members (excludes halogenated alkanes) is 2. The van der Waals surface area contributed by atoms with Crippen molar-refractivity contribution >= 4 is 34.8 Å². The summed E-state index contributed by atoms with van der Waals surface area (Å²) >= 11 is 5.25. The van der Waals surface area contributed by atoms with Crippen molar-refractivity contribution in [2.45, 2.75) is 33.1 Å². The maximum absolute atomic E-state index is 12.6. The van der Waals surface area contributed by atoms with Crippen LogP contribution in [-0.2, 0) is 0 Å². The van der Waals surface area contributed by atoms with Gasteiger partial charge in [0.15, 0.2) is 5.11 Å². The molecule has 0 spiro atoms. The number of hydrogen-bond acceptors (Lipinski definition) is 4. The molecule has 0 saturated heterocycles. The highest BCUT2D eigenvalue weighted by Gasteiger charge is 2.14. The molecular weight excluding hydrogens is 386 g/mol. The average molecular weight is 414 g/mol. The second-order valence-electron chi connectivity index (χ2n) is 6.40. The Morgan fingerprint density at radius 2 is 1.79 bits per heavy atom. The number of carbonyl (C=O) groups excluding carboxylic acids is 2. The highest BCUT2D eigenvalue weighted by molar-refractivity contribution is 7.80. The van der Waals surface area contributed by atoms with Gasteiger partial charge in [-0.1, -0.05) is 38.0 Å². The van der Waals surface area contributed by atoms with E-state index in [0.29, 0.717) is 35.7 Å². The first-order valence-corrected chi connectivity index (χ1v) is 10.2. The Morgan fingerprint density at radius 3 is 2.55 bits per heavy atom. The van der Waals surface area contributed by atoms with Crippen LogP contribution in [0.1, 0.15) is 53.8 Å². The summed E-state index contributed by atoms with van der Waals surface area (Å²) in [6.45, 7) is 5.09. The van der Waals surface area contributed by atoms with Crippen LogP contribution in [0.3, 0.4) is 0 Å². The fraction of sp³-hybridized carbons (Fsp3) is 0.318. The third-order valence-corrected chi connectivity index (χ3v) is 4.29. The zero-order chi connectivity index (χ0) is 21.1. The molecule has 0 aromatic heterocycles. The molecule has 0 aliphatic heterocycles.